The van der Waals surface area contributed by atoms with E-state index in [0.29, 0.717) is 29.2 Å². The fourth-order valence-electron chi connectivity index (χ4n) is 4.84. The second-order valence-electron chi connectivity index (χ2n) is 11.3. The minimum absolute atomic E-state index is 0.0143. The van der Waals surface area contributed by atoms with Gasteiger partial charge in [-0.1, -0.05) is 62.9 Å². The number of esters is 1. The molecule has 0 unspecified atom stereocenters. The van der Waals surface area contributed by atoms with Gasteiger partial charge in [-0.05, 0) is 84.3 Å². The lowest BCUT2D eigenvalue weighted by Crippen LogP contribution is -2.42. The predicted octanol–water partition coefficient (Wildman–Crippen LogP) is 7.00. The normalized spacial score (nSPS) is 11.3. The van der Waals surface area contributed by atoms with Gasteiger partial charge in [0.05, 0.1) is 18.6 Å². The van der Waals surface area contributed by atoms with Crippen LogP contribution in [0.4, 0.5) is 10.1 Å². The summed E-state index contributed by atoms with van der Waals surface area (Å²) >= 11 is 0. The molecular formula is C38H39FN2O7. The van der Waals surface area contributed by atoms with Crippen molar-refractivity contribution < 1.29 is 38.1 Å². The first-order valence-corrected chi connectivity index (χ1v) is 15.9. The van der Waals surface area contributed by atoms with Crippen LogP contribution in [0.2, 0.25) is 0 Å². The number of carboxylic acids is 1. The molecule has 0 saturated heterocycles. The van der Waals surface area contributed by atoms with E-state index in [1.165, 1.54) is 55.7 Å². The van der Waals surface area contributed by atoms with E-state index in [2.05, 4.69) is 17.6 Å². The third kappa shape index (κ3) is 11.1. The lowest BCUT2D eigenvalue weighted by atomic mass is 10.0. The molecule has 9 nitrogen and oxygen atoms in total. The fraction of sp³-hybridized carbons (Fsp3) is 0.263. The first kappa shape index (κ1) is 35.3. The van der Waals surface area contributed by atoms with Gasteiger partial charge in [-0.25, -0.2) is 14.0 Å². The summed E-state index contributed by atoms with van der Waals surface area (Å²) < 4.78 is 25.0. The molecule has 10 heteroatoms. The third-order valence-electron chi connectivity index (χ3n) is 7.52. The smallest absolute Gasteiger partial charge is 0.343 e. The van der Waals surface area contributed by atoms with Crippen LogP contribution in [0.25, 0.3) is 0 Å². The number of amides is 2. The van der Waals surface area contributed by atoms with Crippen LogP contribution in [-0.2, 0) is 22.4 Å². The molecule has 1 atom stereocenters. The van der Waals surface area contributed by atoms with Crippen molar-refractivity contribution in [3.8, 4) is 11.5 Å². The second-order valence-corrected chi connectivity index (χ2v) is 11.3. The summed E-state index contributed by atoms with van der Waals surface area (Å²) in [5, 5.41) is 14.9. The Balaban J connectivity index is 1.25. The molecular weight excluding hydrogens is 615 g/mol. The summed E-state index contributed by atoms with van der Waals surface area (Å²) in [6.45, 7) is 2.80. The minimum atomic E-state index is -1.23. The van der Waals surface area contributed by atoms with Gasteiger partial charge >= 0.3 is 11.9 Å². The fourth-order valence-corrected chi connectivity index (χ4v) is 4.84. The Bertz CT molecular complexity index is 1670. The molecule has 0 heterocycles. The largest absolute Gasteiger partial charge is 0.494 e. The molecule has 4 aromatic rings. The summed E-state index contributed by atoms with van der Waals surface area (Å²) in [5.41, 5.74) is 1.82. The number of hydrogen-bond acceptors (Lipinski definition) is 6. The summed E-state index contributed by atoms with van der Waals surface area (Å²) in [4.78, 5) is 49.7. The number of aliphatic carboxylic acids is 1. The molecule has 2 amide bonds. The van der Waals surface area contributed by atoms with E-state index in [0.717, 1.165) is 12.8 Å². The molecule has 0 fully saturated rings. The molecule has 0 aliphatic carbocycles. The van der Waals surface area contributed by atoms with E-state index in [1.807, 2.05) is 0 Å². The van der Waals surface area contributed by atoms with Crippen molar-refractivity contribution in [1.29, 1.82) is 0 Å². The standard InChI is InChI=1S/C38H39FN2O7/c1-2-3-4-5-8-23-47-31-21-15-28(16-22-31)38(46)48-32-19-11-26(12-20-32)24-34(37(44)45)41-36(43)27-13-17-30(18-14-27)40-35(42)25-29-9-6-7-10-33(29)39/h6-7,9-22,34H,2-5,8,23-25H2,1H3,(H,40,42)(H,41,43)(H,44,45)/t34-/m0/s1. The Morgan fingerprint density at radius 3 is 2.08 bits per heavy atom. The van der Waals surface area contributed by atoms with Crippen molar-refractivity contribution in [1.82, 2.24) is 5.32 Å². The summed E-state index contributed by atoms with van der Waals surface area (Å²) in [5.74, 6) is -2.30. The van der Waals surface area contributed by atoms with Crippen LogP contribution in [0.5, 0.6) is 11.5 Å². The minimum Gasteiger partial charge on any atom is -0.494 e. The van der Waals surface area contributed by atoms with Crippen LogP contribution in [0.1, 0.15) is 70.9 Å². The number of carbonyl (C=O) groups is 4. The average molecular weight is 655 g/mol. The predicted molar refractivity (Wildman–Crippen MR) is 180 cm³/mol. The Kier molecular flexibility index (Phi) is 13.2. The third-order valence-corrected chi connectivity index (χ3v) is 7.52. The topological polar surface area (TPSA) is 131 Å². The molecule has 250 valence electrons. The molecule has 4 aromatic carbocycles. The lowest BCUT2D eigenvalue weighted by molar-refractivity contribution is -0.139. The molecule has 4 rings (SSSR count). The van der Waals surface area contributed by atoms with Crippen LogP contribution >= 0.6 is 0 Å². The zero-order valence-corrected chi connectivity index (χ0v) is 26.7. The molecule has 3 N–H and O–H groups in total. The molecule has 0 saturated carbocycles. The highest BCUT2D eigenvalue weighted by Gasteiger charge is 2.21. The van der Waals surface area contributed by atoms with Crippen molar-refractivity contribution in [2.24, 2.45) is 0 Å². The number of ether oxygens (including phenoxy) is 2. The highest BCUT2D eigenvalue weighted by atomic mass is 19.1. The van der Waals surface area contributed by atoms with Gasteiger partial charge in [-0.2, -0.15) is 0 Å². The Morgan fingerprint density at radius 1 is 0.771 bits per heavy atom. The van der Waals surface area contributed by atoms with Gasteiger partial charge in [0.1, 0.15) is 23.4 Å². The quantitative estimate of drug-likeness (QED) is 0.0635. The molecule has 48 heavy (non-hydrogen) atoms. The van der Waals surface area contributed by atoms with E-state index >= 15 is 0 Å². The van der Waals surface area contributed by atoms with Gasteiger partial charge in [-0.15, -0.1) is 0 Å². The van der Waals surface area contributed by atoms with E-state index < -0.39 is 35.6 Å². The van der Waals surface area contributed by atoms with Gasteiger partial charge in [0.15, 0.2) is 0 Å². The Labute approximate surface area is 279 Å². The van der Waals surface area contributed by atoms with Crippen molar-refractivity contribution >= 4 is 29.4 Å². The zero-order valence-electron chi connectivity index (χ0n) is 26.7. The summed E-state index contributed by atoms with van der Waals surface area (Å²) in [6.07, 6.45) is 5.56. The van der Waals surface area contributed by atoms with Crippen LogP contribution < -0.4 is 20.1 Å². The van der Waals surface area contributed by atoms with Gasteiger partial charge in [-0.3, -0.25) is 9.59 Å². The molecule has 0 spiro atoms. The van der Waals surface area contributed by atoms with Crippen LogP contribution in [0.15, 0.2) is 97.1 Å². The lowest BCUT2D eigenvalue weighted by Gasteiger charge is -2.15. The number of carbonyl (C=O) groups excluding carboxylic acids is 3. The number of carboxylic acid groups (broad SMARTS) is 1. The Hall–Kier alpha value is -5.51. The first-order valence-electron chi connectivity index (χ1n) is 15.9. The van der Waals surface area contributed by atoms with E-state index in [9.17, 15) is 28.7 Å². The van der Waals surface area contributed by atoms with Gasteiger partial charge < -0.3 is 25.2 Å². The number of anilines is 1. The van der Waals surface area contributed by atoms with Gasteiger partial charge in [0.2, 0.25) is 5.91 Å². The summed E-state index contributed by atoms with van der Waals surface area (Å²) in [6, 6.07) is 23.8. The van der Waals surface area contributed by atoms with Crippen LogP contribution in [0, 0.1) is 5.82 Å². The molecule has 0 aliphatic heterocycles. The van der Waals surface area contributed by atoms with E-state index in [4.69, 9.17) is 9.47 Å². The van der Waals surface area contributed by atoms with Crippen molar-refractivity contribution in [3.63, 3.8) is 0 Å². The number of unbranched alkanes of at least 4 members (excludes halogenated alkanes) is 4. The van der Waals surface area contributed by atoms with Crippen LogP contribution in [-0.4, -0.2) is 41.5 Å². The zero-order chi connectivity index (χ0) is 34.3. The first-order chi connectivity index (χ1) is 23.2. The maximum Gasteiger partial charge on any atom is 0.343 e. The molecule has 0 bridgehead atoms. The van der Waals surface area contributed by atoms with E-state index in [1.54, 1.807) is 60.7 Å². The molecule has 0 aromatic heterocycles. The van der Waals surface area contributed by atoms with E-state index in [-0.39, 0.29) is 29.7 Å². The second kappa shape index (κ2) is 18.0. The summed E-state index contributed by atoms with van der Waals surface area (Å²) in [7, 11) is 0. The monoisotopic (exact) mass is 654 g/mol. The highest BCUT2D eigenvalue weighted by molar-refractivity contribution is 5.98. The Morgan fingerprint density at radius 2 is 1.42 bits per heavy atom. The number of hydrogen-bond donors (Lipinski definition) is 3. The van der Waals surface area contributed by atoms with Crippen molar-refractivity contribution in [3.05, 3.63) is 125 Å². The number of halogens is 1. The van der Waals surface area contributed by atoms with Crippen molar-refractivity contribution in [2.75, 3.05) is 11.9 Å². The highest BCUT2D eigenvalue weighted by Crippen LogP contribution is 2.19. The maximum atomic E-state index is 13.8. The number of nitrogens with one attached hydrogen (secondary N) is 2. The van der Waals surface area contributed by atoms with Gasteiger partial charge in [0.25, 0.3) is 5.91 Å². The number of rotatable bonds is 17. The molecule has 0 aliphatic rings. The molecule has 0 radical (unpaired) electrons. The van der Waals surface area contributed by atoms with Crippen molar-refractivity contribution in [2.45, 2.75) is 57.9 Å². The SMILES string of the molecule is CCCCCCCOc1ccc(C(=O)Oc2ccc(C[C@H](NC(=O)c3ccc(NC(=O)Cc4ccccc4F)cc3)C(=O)O)cc2)cc1. The van der Waals surface area contributed by atoms with Gasteiger partial charge in [0, 0.05) is 17.7 Å². The number of benzene rings is 4. The van der Waals surface area contributed by atoms with Crippen LogP contribution in [0.3, 0.4) is 0 Å². The maximum absolute atomic E-state index is 13.8. The average Bonchev–Trinajstić information content (AvgIpc) is 3.08.